The number of halogens is 2. The maximum absolute atomic E-state index is 14.6. The summed E-state index contributed by atoms with van der Waals surface area (Å²) in [6, 6.07) is 3.46. The number of piperazine rings is 1. The minimum atomic E-state index is -3.63. The van der Waals surface area contributed by atoms with Crippen LogP contribution in [0.15, 0.2) is 29.2 Å². The first-order valence-corrected chi connectivity index (χ1v) is 12.2. The van der Waals surface area contributed by atoms with Gasteiger partial charge in [-0.1, -0.05) is 6.07 Å². The van der Waals surface area contributed by atoms with Crippen LogP contribution in [0.5, 0.6) is 0 Å². The number of aromatic nitrogens is 1. The summed E-state index contributed by atoms with van der Waals surface area (Å²) in [7, 11) is 0. The Bertz CT molecular complexity index is 968. The number of thiazole rings is 1. The molecule has 2 saturated heterocycles. The van der Waals surface area contributed by atoms with E-state index in [1.807, 2.05) is 24.4 Å². The van der Waals surface area contributed by atoms with Gasteiger partial charge >= 0.3 is 5.92 Å². The molecule has 172 valence electrons. The van der Waals surface area contributed by atoms with Crippen LogP contribution in [-0.2, 0) is 20.3 Å². The number of alkyl halides is 2. The van der Waals surface area contributed by atoms with Crippen molar-refractivity contribution in [2.24, 2.45) is 0 Å². The monoisotopic (exact) mass is 482 g/mol. The van der Waals surface area contributed by atoms with Crippen LogP contribution in [0.1, 0.15) is 35.4 Å². The zero-order chi connectivity index (χ0) is 22.9. The summed E-state index contributed by atoms with van der Waals surface area (Å²) in [4.78, 5) is 46.8. The van der Waals surface area contributed by atoms with E-state index in [0.717, 1.165) is 27.3 Å². The van der Waals surface area contributed by atoms with E-state index in [9.17, 15) is 23.2 Å². The highest BCUT2D eigenvalue weighted by Gasteiger charge is 2.47. The van der Waals surface area contributed by atoms with E-state index in [4.69, 9.17) is 0 Å². The number of piperidine rings is 1. The summed E-state index contributed by atoms with van der Waals surface area (Å²) in [5.74, 6) is -5.50. The van der Waals surface area contributed by atoms with Crippen molar-refractivity contribution < 1.29 is 23.2 Å². The summed E-state index contributed by atoms with van der Waals surface area (Å²) in [5, 5.41) is 1.91. The van der Waals surface area contributed by atoms with E-state index in [-0.39, 0.29) is 48.3 Å². The maximum Gasteiger partial charge on any atom is 0.360 e. The van der Waals surface area contributed by atoms with Crippen LogP contribution in [0.2, 0.25) is 0 Å². The standard InChI is InChI=1S/C21H24F2N4O3S2/c1-14(16-5-3-9-31-16)19(29)25-7-8-27(18(28)12-25)15-4-2-6-26(11-15)20(30)21(22,23)17-10-24-13-32-17/h3,5,9-10,13-15H,2,4,6-8,11-12H2,1H3. The summed E-state index contributed by atoms with van der Waals surface area (Å²) in [6.45, 7) is 2.82. The van der Waals surface area contributed by atoms with Crippen LogP contribution in [0.25, 0.3) is 0 Å². The van der Waals surface area contributed by atoms with E-state index in [0.29, 0.717) is 25.9 Å². The van der Waals surface area contributed by atoms with Crippen LogP contribution < -0.4 is 0 Å². The number of carbonyl (C=O) groups is 3. The molecule has 2 aromatic rings. The van der Waals surface area contributed by atoms with E-state index in [1.54, 1.807) is 9.80 Å². The zero-order valence-electron chi connectivity index (χ0n) is 17.6. The van der Waals surface area contributed by atoms with Gasteiger partial charge in [0.2, 0.25) is 11.8 Å². The first kappa shape index (κ1) is 22.8. The second-order valence-electron chi connectivity index (χ2n) is 8.07. The molecule has 11 heteroatoms. The van der Waals surface area contributed by atoms with Crippen molar-refractivity contribution >= 4 is 40.4 Å². The molecule has 4 rings (SSSR count). The summed E-state index contributed by atoms with van der Waals surface area (Å²) < 4.78 is 29.2. The number of likely N-dealkylation sites (tertiary alicyclic amines) is 1. The number of carbonyl (C=O) groups excluding carboxylic acids is 3. The Kier molecular flexibility index (Phi) is 6.57. The third kappa shape index (κ3) is 4.40. The lowest BCUT2D eigenvalue weighted by atomic mass is 10.0. The Hall–Kier alpha value is -2.40. The van der Waals surface area contributed by atoms with E-state index >= 15 is 0 Å². The lowest BCUT2D eigenvalue weighted by molar-refractivity contribution is -0.162. The van der Waals surface area contributed by atoms with Gasteiger partial charge in [-0.05, 0) is 31.2 Å². The van der Waals surface area contributed by atoms with Gasteiger partial charge in [0.1, 0.15) is 4.88 Å². The van der Waals surface area contributed by atoms with Gasteiger partial charge in [0.05, 0.1) is 18.0 Å². The second-order valence-corrected chi connectivity index (χ2v) is 9.94. The molecular formula is C21H24F2N4O3S2. The van der Waals surface area contributed by atoms with Gasteiger partial charge in [-0.25, -0.2) is 0 Å². The quantitative estimate of drug-likeness (QED) is 0.657. The first-order valence-electron chi connectivity index (χ1n) is 10.5. The van der Waals surface area contributed by atoms with E-state index in [2.05, 4.69) is 4.98 Å². The molecular weight excluding hydrogens is 458 g/mol. The summed E-state index contributed by atoms with van der Waals surface area (Å²) in [5.41, 5.74) is 1.27. The molecule has 2 aliphatic rings. The average Bonchev–Trinajstić information content (AvgIpc) is 3.52. The molecule has 0 aliphatic carbocycles. The molecule has 2 unspecified atom stereocenters. The SMILES string of the molecule is CC(C(=O)N1CCN(C2CCCN(C(=O)C(F)(F)c3cncs3)C2)C(=O)C1)c1cccs1. The van der Waals surface area contributed by atoms with Crippen LogP contribution in [-0.4, -0.2) is 76.2 Å². The predicted molar refractivity (Wildman–Crippen MR) is 117 cm³/mol. The van der Waals surface area contributed by atoms with Crippen LogP contribution in [0.4, 0.5) is 8.78 Å². The number of hydrogen-bond acceptors (Lipinski definition) is 6. The zero-order valence-corrected chi connectivity index (χ0v) is 19.2. The molecule has 4 heterocycles. The lowest BCUT2D eigenvalue weighted by Gasteiger charge is -2.43. The third-order valence-electron chi connectivity index (χ3n) is 6.04. The molecule has 0 radical (unpaired) electrons. The van der Waals surface area contributed by atoms with E-state index in [1.165, 1.54) is 16.8 Å². The highest BCUT2D eigenvalue weighted by molar-refractivity contribution is 7.10. The van der Waals surface area contributed by atoms with Crippen molar-refractivity contribution in [3.8, 4) is 0 Å². The fraction of sp³-hybridized carbons (Fsp3) is 0.524. The molecule has 2 fully saturated rings. The van der Waals surface area contributed by atoms with Crippen molar-refractivity contribution in [3.63, 3.8) is 0 Å². The smallest absolute Gasteiger partial charge is 0.335 e. The molecule has 32 heavy (non-hydrogen) atoms. The minimum absolute atomic E-state index is 0.0317. The largest absolute Gasteiger partial charge is 0.360 e. The van der Waals surface area contributed by atoms with Crippen molar-refractivity contribution in [2.75, 3.05) is 32.7 Å². The Morgan fingerprint density at radius 2 is 2.03 bits per heavy atom. The van der Waals surface area contributed by atoms with Crippen LogP contribution >= 0.6 is 22.7 Å². The average molecular weight is 483 g/mol. The normalized spacial score (nSPS) is 21.0. The molecule has 2 aromatic heterocycles. The van der Waals surface area contributed by atoms with Gasteiger partial charge in [-0.15, -0.1) is 22.7 Å². The van der Waals surface area contributed by atoms with Crippen molar-refractivity contribution in [1.29, 1.82) is 0 Å². The van der Waals surface area contributed by atoms with Crippen molar-refractivity contribution in [1.82, 2.24) is 19.7 Å². The van der Waals surface area contributed by atoms with Crippen molar-refractivity contribution in [3.05, 3.63) is 39.0 Å². The Morgan fingerprint density at radius 3 is 2.69 bits per heavy atom. The highest BCUT2D eigenvalue weighted by atomic mass is 32.1. The van der Waals surface area contributed by atoms with Crippen LogP contribution in [0, 0.1) is 0 Å². The number of thiophene rings is 1. The van der Waals surface area contributed by atoms with Gasteiger partial charge in [-0.2, -0.15) is 8.78 Å². The predicted octanol–water partition coefficient (Wildman–Crippen LogP) is 2.76. The molecule has 0 N–H and O–H groups in total. The van der Waals surface area contributed by atoms with Gasteiger partial charge in [0.15, 0.2) is 0 Å². The lowest BCUT2D eigenvalue weighted by Crippen LogP contribution is -2.60. The fourth-order valence-corrected chi connectivity index (χ4v) is 5.63. The fourth-order valence-electron chi connectivity index (χ4n) is 4.26. The van der Waals surface area contributed by atoms with Gasteiger partial charge in [-0.3, -0.25) is 19.4 Å². The number of hydrogen-bond donors (Lipinski definition) is 0. The molecule has 0 saturated carbocycles. The number of nitrogens with zero attached hydrogens (tertiary/aromatic N) is 4. The number of rotatable bonds is 5. The molecule has 3 amide bonds. The Labute approximate surface area is 192 Å². The molecule has 0 spiro atoms. The first-order chi connectivity index (χ1) is 15.3. The summed E-state index contributed by atoms with van der Waals surface area (Å²) in [6.07, 6.45) is 2.19. The molecule has 0 aromatic carbocycles. The Balaban J connectivity index is 1.38. The molecule has 0 bridgehead atoms. The third-order valence-corrected chi connectivity index (χ3v) is 7.94. The Morgan fingerprint density at radius 1 is 1.22 bits per heavy atom. The van der Waals surface area contributed by atoms with Crippen LogP contribution in [0.3, 0.4) is 0 Å². The minimum Gasteiger partial charge on any atom is -0.335 e. The van der Waals surface area contributed by atoms with Gasteiger partial charge in [0, 0.05) is 43.3 Å². The van der Waals surface area contributed by atoms with Gasteiger partial charge in [0.25, 0.3) is 5.91 Å². The summed E-state index contributed by atoms with van der Waals surface area (Å²) >= 11 is 2.25. The topological polar surface area (TPSA) is 73.8 Å². The van der Waals surface area contributed by atoms with Crippen molar-refractivity contribution in [2.45, 2.75) is 37.6 Å². The highest BCUT2D eigenvalue weighted by Crippen LogP contribution is 2.34. The second kappa shape index (κ2) is 9.22. The number of amides is 3. The van der Waals surface area contributed by atoms with Gasteiger partial charge < -0.3 is 14.7 Å². The molecule has 7 nitrogen and oxygen atoms in total. The molecule has 2 atom stereocenters. The molecule has 2 aliphatic heterocycles. The van der Waals surface area contributed by atoms with E-state index < -0.39 is 11.8 Å². The maximum atomic E-state index is 14.6.